The fourth-order valence-electron chi connectivity index (χ4n) is 1.19. The lowest BCUT2D eigenvalue weighted by Gasteiger charge is -2.02. The smallest absolute Gasteiger partial charge is 0.223 e. The van der Waals surface area contributed by atoms with Crippen LogP contribution in [0.25, 0.3) is 0 Å². The molecule has 0 radical (unpaired) electrons. The quantitative estimate of drug-likeness (QED) is 0.861. The first kappa shape index (κ1) is 10.0. The Bertz CT molecular complexity index is 452. The van der Waals surface area contributed by atoms with E-state index in [-0.39, 0.29) is 0 Å². The summed E-state index contributed by atoms with van der Waals surface area (Å²) in [6.45, 7) is 4.62. The summed E-state index contributed by atoms with van der Waals surface area (Å²) < 4.78 is 0. The van der Waals surface area contributed by atoms with Crippen LogP contribution in [-0.2, 0) is 6.54 Å². The highest BCUT2D eigenvalue weighted by Crippen LogP contribution is 2.09. The number of hydrogen-bond acceptors (Lipinski definition) is 5. The van der Waals surface area contributed by atoms with E-state index in [2.05, 4.69) is 20.3 Å². The lowest BCUT2D eigenvalue weighted by Crippen LogP contribution is -2.04. The van der Waals surface area contributed by atoms with Crippen molar-refractivity contribution in [1.82, 2.24) is 15.0 Å². The molecule has 78 valence electrons. The fraction of sp³-hybridized carbons (Fsp3) is 0.300. The van der Waals surface area contributed by atoms with Crippen LogP contribution >= 0.6 is 11.3 Å². The topological polar surface area (TPSA) is 50.7 Å². The number of nitrogens with zero attached hydrogens (tertiary/aromatic N) is 3. The van der Waals surface area contributed by atoms with Crippen LogP contribution in [0.4, 0.5) is 5.95 Å². The molecule has 2 heterocycles. The van der Waals surface area contributed by atoms with Gasteiger partial charge in [-0.25, -0.2) is 15.0 Å². The third-order valence-corrected chi connectivity index (χ3v) is 2.71. The number of anilines is 1. The van der Waals surface area contributed by atoms with E-state index in [1.165, 1.54) is 0 Å². The number of aromatic nitrogens is 3. The molecule has 0 saturated carbocycles. The van der Waals surface area contributed by atoms with E-state index < -0.39 is 0 Å². The Morgan fingerprint density at radius 2 is 2.20 bits per heavy atom. The molecule has 0 amide bonds. The van der Waals surface area contributed by atoms with E-state index in [0.29, 0.717) is 12.5 Å². The molecule has 1 N–H and O–H groups in total. The van der Waals surface area contributed by atoms with Gasteiger partial charge in [0.15, 0.2) is 0 Å². The second-order valence-electron chi connectivity index (χ2n) is 3.23. The molecule has 5 heteroatoms. The van der Waals surface area contributed by atoms with Crippen molar-refractivity contribution in [3.8, 4) is 0 Å². The van der Waals surface area contributed by atoms with Crippen molar-refractivity contribution < 1.29 is 0 Å². The molecule has 0 fully saturated rings. The van der Waals surface area contributed by atoms with Gasteiger partial charge in [-0.1, -0.05) is 0 Å². The Morgan fingerprint density at radius 1 is 1.33 bits per heavy atom. The number of thiazole rings is 1. The average molecular weight is 220 g/mol. The van der Waals surface area contributed by atoms with Crippen molar-refractivity contribution in [1.29, 1.82) is 0 Å². The van der Waals surface area contributed by atoms with Crippen LogP contribution in [-0.4, -0.2) is 15.0 Å². The fourth-order valence-corrected chi connectivity index (χ4v) is 1.81. The van der Waals surface area contributed by atoms with E-state index in [0.717, 1.165) is 16.4 Å². The first-order chi connectivity index (χ1) is 7.24. The summed E-state index contributed by atoms with van der Waals surface area (Å²) in [5.41, 5.74) is 1.99. The highest BCUT2D eigenvalue weighted by Gasteiger charge is 1.99. The SMILES string of the molecule is Cc1ccnc(NCc2csc(C)n2)n1. The predicted octanol–water partition coefficient (Wildman–Crippen LogP) is 2.16. The summed E-state index contributed by atoms with van der Waals surface area (Å²) in [4.78, 5) is 12.7. The van der Waals surface area contributed by atoms with Crippen molar-refractivity contribution in [2.75, 3.05) is 5.32 Å². The zero-order valence-corrected chi connectivity index (χ0v) is 9.51. The molecule has 0 aliphatic rings. The molecule has 0 aliphatic heterocycles. The Morgan fingerprint density at radius 3 is 2.87 bits per heavy atom. The summed E-state index contributed by atoms with van der Waals surface area (Å²) in [5, 5.41) is 6.26. The minimum atomic E-state index is 0.653. The maximum atomic E-state index is 4.35. The van der Waals surface area contributed by atoms with Gasteiger partial charge in [-0.05, 0) is 19.9 Å². The van der Waals surface area contributed by atoms with E-state index in [4.69, 9.17) is 0 Å². The molecular weight excluding hydrogens is 208 g/mol. The van der Waals surface area contributed by atoms with Crippen molar-refractivity contribution in [2.45, 2.75) is 20.4 Å². The standard InChI is InChI=1S/C10H12N4S/c1-7-3-4-11-10(13-7)12-5-9-6-15-8(2)14-9/h3-4,6H,5H2,1-2H3,(H,11,12,13). The summed E-state index contributed by atoms with van der Waals surface area (Å²) in [7, 11) is 0. The molecule has 0 atom stereocenters. The van der Waals surface area contributed by atoms with Gasteiger partial charge in [0.2, 0.25) is 5.95 Å². The molecule has 4 nitrogen and oxygen atoms in total. The van der Waals surface area contributed by atoms with E-state index >= 15 is 0 Å². The summed E-state index contributed by atoms with van der Waals surface area (Å²) >= 11 is 1.65. The lowest BCUT2D eigenvalue weighted by atomic mass is 10.4. The largest absolute Gasteiger partial charge is 0.349 e. The van der Waals surface area contributed by atoms with Crippen LogP contribution in [0.5, 0.6) is 0 Å². The molecule has 0 aliphatic carbocycles. The minimum Gasteiger partial charge on any atom is -0.349 e. The molecule has 0 saturated heterocycles. The van der Waals surface area contributed by atoms with Gasteiger partial charge in [0.05, 0.1) is 17.2 Å². The predicted molar refractivity (Wildman–Crippen MR) is 60.9 cm³/mol. The Hall–Kier alpha value is -1.49. The second-order valence-corrected chi connectivity index (χ2v) is 4.30. The minimum absolute atomic E-state index is 0.653. The molecule has 0 bridgehead atoms. The molecule has 0 aromatic carbocycles. The Kier molecular flexibility index (Phi) is 2.91. The molecule has 15 heavy (non-hydrogen) atoms. The van der Waals surface area contributed by atoms with Gasteiger partial charge in [-0.3, -0.25) is 0 Å². The number of hydrogen-bond donors (Lipinski definition) is 1. The molecule has 0 unspecified atom stereocenters. The van der Waals surface area contributed by atoms with Crippen molar-refractivity contribution >= 4 is 17.3 Å². The van der Waals surface area contributed by atoms with Crippen LogP contribution in [0.3, 0.4) is 0 Å². The molecule has 0 spiro atoms. The Labute approximate surface area is 92.4 Å². The van der Waals surface area contributed by atoms with Crippen LogP contribution in [0.1, 0.15) is 16.4 Å². The normalized spacial score (nSPS) is 10.3. The maximum Gasteiger partial charge on any atom is 0.223 e. The van der Waals surface area contributed by atoms with E-state index in [9.17, 15) is 0 Å². The van der Waals surface area contributed by atoms with Gasteiger partial charge in [0, 0.05) is 17.3 Å². The van der Waals surface area contributed by atoms with Crippen molar-refractivity contribution in [3.05, 3.63) is 34.0 Å². The number of aryl methyl sites for hydroxylation is 2. The second kappa shape index (κ2) is 4.35. The highest BCUT2D eigenvalue weighted by atomic mass is 32.1. The number of nitrogens with one attached hydrogen (secondary N) is 1. The van der Waals surface area contributed by atoms with Crippen LogP contribution in [0, 0.1) is 13.8 Å². The highest BCUT2D eigenvalue weighted by molar-refractivity contribution is 7.09. The van der Waals surface area contributed by atoms with Crippen molar-refractivity contribution in [2.24, 2.45) is 0 Å². The maximum absolute atomic E-state index is 4.35. The number of rotatable bonds is 3. The lowest BCUT2D eigenvalue weighted by molar-refractivity contribution is 0.995. The summed E-state index contributed by atoms with van der Waals surface area (Å²) in [6, 6.07) is 1.87. The van der Waals surface area contributed by atoms with Gasteiger partial charge in [-0.15, -0.1) is 11.3 Å². The van der Waals surface area contributed by atoms with Gasteiger partial charge in [-0.2, -0.15) is 0 Å². The first-order valence-corrected chi connectivity index (χ1v) is 5.56. The van der Waals surface area contributed by atoms with Crippen LogP contribution < -0.4 is 5.32 Å². The van der Waals surface area contributed by atoms with Crippen molar-refractivity contribution in [3.63, 3.8) is 0 Å². The third kappa shape index (κ3) is 2.73. The summed E-state index contributed by atoms with van der Waals surface area (Å²) in [5.74, 6) is 0.653. The third-order valence-electron chi connectivity index (χ3n) is 1.89. The van der Waals surface area contributed by atoms with E-state index in [1.54, 1.807) is 17.5 Å². The van der Waals surface area contributed by atoms with Gasteiger partial charge in [0.25, 0.3) is 0 Å². The monoisotopic (exact) mass is 220 g/mol. The Balaban J connectivity index is 1.99. The van der Waals surface area contributed by atoms with Crippen LogP contribution in [0.2, 0.25) is 0 Å². The molecule has 2 aromatic rings. The van der Waals surface area contributed by atoms with E-state index in [1.807, 2.05) is 25.3 Å². The first-order valence-electron chi connectivity index (χ1n) is 4.68. The zero-order chi connectivity index (χ0) is 10.7. The van der Waals surface area contributed by atoms with Gasteiger partial charge < -0.3 is 5.32 Å². The molecule has 2 aromatic heterocycles. The van der Waals surface area contributed by atoms with Gasteiger partial charge in [0.1, 0.15) is 0 Å². The average Bonchev–Trinajstić information content (AvgIpc) is 2.62. The molecular formula is C10H12N4S. The van der Waals surface area contributed by atoms with Gasteiger partial charge >= 0.3 is 0 Å². The van der Waals surface area contributed by atoms with Crippen LogP contribution in [0.15, 0.2) is 17.6 Å². The summed E-state index contributed by atoms with van der Waals surface area (Å²) in [6.07, 6.45) is 1.75. The zero-order valence-electron chi connectivity index (χ0n) is 8.69. The molecule has 2 rings (SSSR count).